The summed E-state index contributed by atoms with van der Waals surface area (Å²) in [6.07, 6.45) is -3.63. The zero-order valence-corrected chi connectivity index (χ0v) is 12.2. The summed E-state index contributed by atoms with van der Waals surface area (Å²) in [5.41, 5.74) is -2.30. The first kappa shape index (κ1) is 16.3. The van der Waals surface area contributed by atoms with Crippen LogP contribution >= 0.6 is 34.5 Å². The van der Waals surface area contributed by atoms with Crippen LogP contribution in [-0.2, 0) is 12.7 Å². The van der Waals surface area contributed by atoms with Gasteiger partial charge < -0.3 is 5.32 Å². The van der Waals surface area contributed by atoms with Crippen LogP contribution in [0.2, 0.25) is 9.49 Å². The number of benzene rings is 1. The minimum Gasteiger partial charge on any atom is -0.376 e. The first-order valence-electron chi connectivity index (χ1n) is 5.29. The summed E-state index contributed by atoms with van der Waals surface area (Å²) in [6, 6.07) is 0.335. The molecule has 21 heavy (non-hydrogen) atoms. The average Bonchev–Trinajstić information content (AvgIpc) is 2.78. The quantitative estimate of drug-likeness (QED) is 0.587. The van der Waals surface area contributed by atoms with Gasteiger partial charge in [-0.2, -0.15) is 13.2 Å². The minimum atomic E-state index is -5.03. The number of hydrogen-bond donors (Lipinski definition) is 1. The number of hydrogen-bond acceptors (Lipinski definition) is 3. The number of aromatic nitrogens is 1. The van der Waals surface area contributed by atoms with Crippen LogP contribution in [0.25, 0.3) is 0 Å². The third-order valence-electron chi connectivity index (χ3n) is 2.43. The van der Waals surface area contributed by atoms with Crippen LogP contribution in [0, 0.1) is 11.6 Å². The molecule has 1 aromatic carbocycles. The SMILES string of the molecule is Fc1c(C(F)(F)F)cc(Cl)c(NCc2cnc(Cl)s2)c1F. The third-order valence-corrected chi connectivity index (χ3v) is 3.84. The van der Waals surface area contributed by atoms with E-state index in [0.717, 1.165) is 11.3 Å². The Labute approximate surface area is 129 Å². The maximum absolute atomic E-state index is 13.7. The second-order valence-electron chi connectivity index (χ2n) is 3.84. The highest BCUT2D eigenvalue weighted by Crippen LogP contribution is 2.38. The molecule has 0 aliphatic carbocycles. The van der Waals surface area contributed by atoms with E-state index in [1.165, 1.54) is 6.20 Å². The van der Waals surface area contributed by atoms with Gasteiger partial charge in [-0.1, -0.05) is 23.2 Å². The fourth-order valence-corrected chi connectivity index (χ4v) is 2.68. The predicted octanol–water partition coefficient (Wildman–Crippen LogP) is 5.36. The van der Waals surface area contributed by atoms with Crippen LogP contribution in [0.15, 0.2) is 12.3 Å². The second-order valence-corrected chi connectivity index (χ2v) is 5.94. The van der Waals surface area contributed by atoms with Gasteiger partial charge in [-0.05, 0) is 6.07 Å². The molecule has 114 valence electrons. The van der Waals surface area contributed by atoms with Crippen molar-refractivity contribution < 1.29 is 22.0 Å². The lowest BCUT2D eigenvalue weighted by atomic mass is 10.1. The molecular weight excluding hydrogens is 358 g/mol. The number of nitrogens with zero attached hydrogens (tertiary/aromatic N) is 1. The molecule has 2 aromatic rings. The summed E-state index contributed by atoms with van der Waals surface area (Å²) < 4.78 is 64.9. The number of anilines is 1. The maximum atomic E-state index is 13.7. The maximum Gasteiger partial charge on any atom is 0.419 e. The molecule has 0 unspecified atom stereocenters. The predicted molar refractivity (Wildman–Crippen MR) is 70.8 cm³/mol. The minimum absolute atomic E-state index is 0.00810. The van der Waals surface area contributed by atoms with E-state index >= 15 is 0 Å². The van der Waals surface area contributed by atoms with Crippen LogP contribution in [0.1, 0.15) is 10.4 Å². The first-order chi connectivity index (χ1) is 9.70. The Bertz CT molecular complexity index is 671. The van der Waals surface area contributed by atoms with Crippen LogP contribution in [-0.4, -0.2) is 4.98 Å². The van der Waals surface area contributed by atoms with Gasteiger partial charge in [0.2, 0.25) is 0 Å². The number of rotatable bonds is 3. The van der Waals surface area contributed by atoms with Gasteiger partial charge in [-0.25, -0.2) is 13.8 Å². The van der Waals surface area contributed by atoms with Crippen molar-refractivity contribution in [3.05, 3.63) is 43.8 Å². The van der Waals surface area contributed by atoms with Gasteiger partial charge in [-0.3, -0.25) is 0 Å². The molecule has 0 fully saturated rings. The fourth-order valence-electron chi connectivity index (χ4n) is 1.50. The van der Waals surface area contributed by atoms with E-state index in [0.29, 0.717) is 10.9 Å². The molecule has 0 bridgehead atoms. The van der Waals surface area contributed by atoms with E-state index < -0.39 is 34.1 Å². The Morgan fingerprint density at radius 3 is 2.38 bits per heavy atom. The van der Waals surface area contributed by atoms with E-state index in [1.54, 1.807) is 0 Å². The molecule has 2 nitrogen and oxygen atoms in total. The van der Waals surface area contributed by atoms with Gasteiger partial charge in [0.25, 0.3) is 0 Å². The molecule has 0 saturated carbocycles. The van der Waals surface area contributed by atoms with Crippen LogP contribution in [0.4, 0.5) is 27.6 Å². The Balaban J connectivity index is 2.30. The van der Waals surface area contributed by atoms with Crippen molar-refractivity contribution in [3.63, 3.8) is 0 Å². The van der Waals surface area contributed by atoms with Gasteiger partial charge in [0.05, 0.1) is 22.8 Å². The second kappa shape index (κ2) is 5.94. The molecule has 0 radical (unpaired) electrons. The number of nitrogens with one attached hydrogen (secondary N) is 1. The zero-order chi connectivity index (χ0) is 15.8. The van der Waals surface area contributed by atoms with Crippen molar-refractivity contribution >= 4 is 40.2 Å². The average molecular weight is 363 g/mol. The number of thiazole rings is 1. The Morgan fingerprint density at radius 1 is 1.19 bits per heavy atom. The molecule has 0 saturated heterocycles. The van der Waals surface area contributed by atoms with Crippen molar-refractivity contribution in [1.82, 2.24) is 4.98 Å². The van der Waals surface area contributed by atoms with Gasteiger partial charge in [0.1, 0.15) is 0 Å². The Hall–Kier alpha value is -1.12. The molecule has 1 N–H and O–H groups in total. The molecule has 0 aliphatic heterocycles. The van der Waals surface area contributed by atoms with Crippen molar-refractivity contribution in [1.29, 1.82) is 0 Å². The molecule has 0 atom stereocenters. The standard InChI is InChI=1S/C11H5Cl2F5N2S/c12-6-1-5(11(16,17)18)7(14)8(15)9(6)19-2-4-3-20-10(13)21-4/h1,3,19H,2H2. The smallest absolute Gasteiger partial charge is 0.376 e. The summed E-state index contributed by atoms with van der Waals surface area (Å²) in [4.78, 5) is 4.31. The third kappa shape index (κ3) is 3.56. The highest BCUT2D eigenvalue weighted by Gasteiger charge is 2.37. The topological polar surface area (TPSA) is 24.9 Å². The van der Waals surface area contributed by atoms with Gasteiger partial charge in [0.15, 0.2) is 16.1 Å². The lowest BCUT2D eigenvalue weighted by Crippen LogP contribution is -2.12. The Morgan fingerprint density at radius 2 is 1.86 bits per heavy atom. The van der Waals surface area contributed by atoms with E-state index in [1.807, 2.05) is 0 Å². The molecule has 0 aliphatic rings. The van der Waals surface area contributed by atoms with Gasteiger partial charge in [0, 0.05) is 11.1 Å². The summed E-state index contributed by atoms with van der Waals surface area (Å²) in [5, 5.41) is 1.86. The van der Waals surface area contributed by atoms with E-state index in [-0.39, 0.29) is 11.0 Å². The van der Waals surface area contributed by atoms with Crippen molar-refractivity contribution in [2.75, 3.05) is 5.32 Å². The largest absolute Gasteiger partial charge is 0.419 e. The van der Waals surface area contributed by atoms with E-state index in [4.69, 9.17) is 23.2 Å². The lowest BCUT2D eigenvalue weighted by molar-refractivity contribution is -0.140. The van der Waals surface area contributed by atoms with Gasteiger partial charge >= 0.3 is 6.18 Å². The highest BCUT2D eigenvalue weighted by molar-refractivity contribution is 7.15. The van der Waals surface area contributed by atoms with Crippen molar-refractivity contribution in [3.8, 4) is 0 Å². The highest BCUT2D eigenvalue weighted by atomic mass is 35.5. The Kier molecular flexibility index (Phi) is 4.60. The van der Waals surface area contributed by atoms with Crippen LogP contribution < -0.4 is 5.32 Å². The first-order valence-corrected chi connectivity index (χ1v) is 6.86. The monoisotopic (exact) mass is 362 g/mol. The summed E-state index contributed by atoms with van der Waals surface area (Å²) in [7, 11) is 0. The van der Waals surface area contributed by atoms with E-state index in [2.05, 4.69) is 10.3 Å². The van der Waals surface area contributed by atoms with E-state index in [9.17, 15) is 22.0 Å². The zero-order valence-electron chi connectivity index (χ0n) is 9.86. The molecule has 2 rings (SSSR count). The molecule has 1 heterocycles. The summed E-state index contributed by atoms with van der Waals surface area (Å²) in [5.74, 6) is -3.69. The molecule has 1 aromatic heterocycles. The molecular formula is C11H5Cl2F5N2S. The van der Waals surface area contributed by atoms with Crippen LogP contribution in [0.3, 0.4) is 0 Å². The van der Waals surface area contributed by atoms with Crippen molar-refractivity contribution in [2.45, 2.75) is 12.7 Å². The molecule has 0 amide bonds. The number of alkyl halides is 3. The van der Waals surface area contributed by atoms with Gasteiger partial charge in [-0.15, -0.1) is 11.3 Å². The molecule has 0 spiro atoms. The molecule has 10 heteroatoms. The summed E-state index contributed by atoms with van der Waals surface area (Å²) in [6.45, 7) is -0.00810. The lowest BCUT2D eigenvalue weighted by Gasteiger charge is -2.14. The van der Waals surface area contributed by atoms with Crippen molar-refractivity contribution in [2.24, 2.45) is 0 Å². The van der Waals surface area contributed by atoms with Crippen LogP contribution in [0.5, 0.6) is 0 Å². The fraction of sp³-hybridized carbons (Fsp3) is 0.182. The summed E-state index contributed by atoms with van der Waals surface area (Å²) >= 11 is 12.3. The normalized spacial score (nSPS) is 11.8. The number of halogens is 7.